The van der Waals surface area contributed by atoms with Crippen molar-refractivity contribution < 1.29 is 8.76 Å². The predicted octanol–water partition coefficient (Wildman–Crippen LogP) is 0.711. The molecule has 16 heavy (non-hydrogen) atoms. The zero-order valence-corrected chi connectivity index (χ0v) is 8.86. The zero-order valence-electron chi connectivity index (χ0n) is 8.04. The zero-order chi connectivity index (χ0) is 11.5. The van der Waals surface area contributed by atoms with E-state index in [0.717, 1.165) is 0 Å². The van der Waals surface area contributed by atoms with Crippen LogP contribution in [0.25, 0.3) is 0 Å². The summed E-state index contributed by atoms with van der Waals surface area (Å²) in [6.07, 6.45) is 0. The van der Waals surface area contributed by atoms with Crippen molar-refractivity contribution >= 4 is 28.7 Å². The molecule has 5 N–H and O–H groups in total. The molecule has 7 nitrogen and oxygen atoms in total. The number of anilines is 3. The third kappa shape index (κ3) is 2.35. The van der Waals surface area contributed by atoms with Crippen molar-refractivity contribution in [2.75, 3.05) is 11.1 Å². The molecule has 0 aliphatic rings. The Balaban J connectivity index is 2.14. The number of hydrogen-bond donors (Lipinski definition) is 4. The highest BCUT2D eigenvalue weighted by atomic mass is 32.2. The first-order valence-electron chi connectivity index (χ1n) is 4.31. The second kappa shape index (κ2) is 4.29. The summed E-state index contributed by atoms with van der Waals surface area (Å²) >= 11 is -1.96. The Morgan fingerprint density at radius 2 is 2.06 bits per heavy atom. The molecular formula is C8H9N5O2S. The summed E-state index contributed by atoms with van der Waals surface area (Å²) in [7, 11) is 0. The number of nitrogens with two attached hydrogens (primary N) is 1. The van der Waals surface area contributed by atoms with Gasteiger partial charge in [0.15, 0.2) is 11.1 Å². The van der Waals surface area contributed by atoms with Gasteiger partial charge in [-0.05, 0) is 24.3 Å². The van der Waals surface area contributed by atoms with E-state index in [0.29, 0.717) is 16.5 Å². The van der Waals surface area contributed by atoms with E-state index in [1.54, 1.807) is 12.1 Å². The van der Waals surface area contributed by atoms with Crippen LogP contribution in [0.3, 0.4) is 0 Å². The highest BCUT2D eigenvalue weighted by Gasteiger charge is 2.02. The molecule has 0 amide bonds. The topological polar surface area (TPSA) is 117 Å². The molecular weight excluding hydrogens is 230 g/mol. The standard InChI is InChI=1S/C8H9N5O2S/c9-7-11-8(13-12-7)10-5-1-3-6(4-2-5)16(14)15/h1-4H,(H,14,15)(H4,9,10,11,12,13). The van der Waals surface area contributed by atoms with Crippen LogP contribution >= 0.6 is 0 Å². The number of aromatic amines is 1. The Morgan fingerprint density at radius 1 is 1.38 bits per heavy atom. The quantitative estimate of drug-likeness (QED) is 0.586. The molecule has 1 aromatic heterocycles. The van der Waals surface area contributed by atoms with Crippen molar-refractivity contribution in [2.45, 2.75) is 4.90 Å². The van der Waals surface area contributed by atoms with Gasteiger partial charge >= 0.3 is 0 Å². The number of nitrogens with zero attached hydrogens (tertiary/aromatic N) is 2. The van der Waals surface area contributed by atoms with Crippen LogP contribution in [0.5, 0.6) is 0 Å². The summed E-state index contributed by atoms with van der Waals surface area (Å²) in [4.78, 5) is 4.19. The number of rotatable bonds is 3. The monoisotopic (exact) mass is 239 g/mol. The minimum Gasteiger partial charge on any atom is -0.368 e. The summed E-state index contributed by atoms with van der Waals surface area (Å²) in [5.74, 6) is 0.561. The molecule has 0 spiro atoms. The minimum atomic E-state index is -1.96. The Morgan fingerprint density at radius 3 is 2.56 bits per heavy atom. The maximum absolute atomic E-state index is 10.7. The molecule has 1 atom stereocenters. The van der Waals surface area contributed by atoms with Crippen LogP contribution in [0.1, 0.15) is 0 Å². The smallest absolute Gasteiger partial charge is 0.248 e. The van der Waals surface area contributed by atoms with Gasteiger partial charge in [-0.25, -0.2) is 9.31 Å². The van der Waals surface area contributed by atoms with Gasteiger partial charge in [0.05, 0.1) is 4.90 Å². The van der Waals surface area contributed by atoms with Crippen LogP contribution in [0.15, 0.2) is 29.2 Å². The Hall–Kier alpha value is -1.93. The third-order valence-corrected chi connectivity index (χ3v) is 2.49. The lowest BCUT2D eigenvalue weighted by Gasteiger charge is -2.01. The van der Waals surface area contributed by atoms with Gasteiger partial charge in [0.25, 0.3) is 0 Å². The molecule has 0 saturated carbocycles. The first-order chi connectivity index (χ1) is 7.65. The molecule has 2 aromatic rings. The SMILES string of the molecule is Nc1nc(Nc2ccc(S(=O)O)cc2)n[nH]1. The van der Waals surface area contributed by atoms with E-state index >= 15 is 0 Å². The summed E-state index contributed by atoms with van der Waals surface area (Å²) < 4.78 is 19.5. The molecule has 84 valence electrons. The van der Waals surface area contributed by atoms with E-state index in [2.05, 4.69) is 20.5 Å². The van der Waals surface area contributed by atoms with E-state index in [9.17, 15) is 4.21 Å². The number of nitrogen functional groups attached to an aromatic ring is 1. The fraction of sp³-hybridized carbons (Fsp3) is 0. The molecule has 0 radical (unpaired) electrons. The number of benzene rings is 1. The average Bonchev–Trinajstić information content (AvgIpc) is 2.65. The normalized spacial score (nSPS) is 12.3. The van der Waals surface area contributed by atoms with Crippen molar-refractivity contribution in [3.05, 3.63) is 24.3 Å². The summed E-state index contributed by atoms with van der Waals surface area (Å²) in [6.45, 7) is 0. The van der Waals surface area contributed by atoms with E-state index in [-0.39, 0.29) is 5.95 Å². The Bertz CT molecular complexity index is 509. The first-order valence-corrected chi connectivity index (χ1v) is 5.41. The lowest BCUT2D eigenvalue weighted by molar-refractivity contribution is 0.564. The summed E-state index contributed by atoms with van der Waals surface area (Å²) in [6, 6.07) is 6.37. The van der Waals surface area contributed by atoms with E-state index < -0.39 is 11.1 Å². The van der Waals surface area contributed by atoms with Crippen LogP contribution in [0, 0.1) is 0 Å². The van der Waals surface area contributed by atoms with Crippen LogP contribution < -0.4 is 11.1 Å². The largest absolute Gasteiger partial charge is 0.368 e. The number of H-pyrrole nitrogens is 1. The van der Waals surface area contributed by atoms with Crippen LogP contribution in [-0.4, -0.2) is 23.9 Å². The Labute approximate surface area is 93.4 Å². The van der Waals surface area contributed by atoms with Gasteiger partial charge in [-0.3, -0.25) is 0 Å². The maximum atomic E-state index is 10.7. The summed E-state index contributed by atoms with van der Waals surface area (Å²) in [5, 5.41) is 9.15. The second-order valence-electron chi connectivity index (χ2n) is 2.94. The van der Waals surface area contributed by atoms with Crippen LogP contribution in [0.2, 0.25) is 0 Å². The van der Waals surface area contributed by atoms with Gasteiger partial charge in [0.2, 0.25) is 11.9 Å². The minimum absolute atomic E-state index is 0.218. The van der Waals surface area contributed by atoms with Crippen molar-refractivity contribution in [2.24, 2.45) is 0 Å². The number of hydrogen-bond acceptors (Lipinski definition) is 5. The first kappa shape index (κ1) is 10.6. The molecule has 1 unspecified atom stereocenters. The van der Waals surface area contributed by atoms with Crippen LogP contribution in [-0.2, 0) is 11.1 Å². The van der Waals surface area contributed by atoms with Crippen molar-refractivity contribution in [3.63, 3.8) is 0 Å². The highest BCUT2D eigenvalue weighted by molar-refractivity contribution is 7.79. The maximum Gasteiger partial charge on any atom is 0.248 e. The molecule has 0 fully saturated rings. The molecule has 0 aliphatic carbocycles. The fourth-order valence-corrected chi connectivity index (χ4v) is 1.48. The lowest BCUT2D eigenvalue weighted by Crippen LogP contribution is -1.94. The highest BCUT2D eigenvalue weighted by Crippen LogP contribution is 2.15. The lowest BCUT2D eigenvalue weighted by atomic mass is 10.3. The van der Waals surface area contributed by atoms with Gasteiger partial charge in [0, 0.05) is 5.69 Å². The molecule has 1 heterocycles. The van der Waals surface area contributed by atoms with E-state index in [1.165, 1.54) is 12.1 Å². The van der Waals surface area contributed by atoms with E-state index in [1.807, 2.05) is 0 Å². The van der Waals surface area contributed by atoms with Gasteiger partial charge < -0.3 is 15.6 Å². The molecule has 0 saturated heterocycles. The van der Waals surface area contributed by atoms with Gasteiger partial charge in [-0.15, -0.1) is 5.10 Å². The molecule has 0 aliphatic heterocycles. The van der Waals surface area contributed by atoms with Crippen molar-refractivity contribution in [1.82, 2.24) is 15.2 Å². The third-order valence-electron chi connectivity index (χ3n) is 1.81. The molecule has 8 heteroatoms. The summed E-state index contributed by atoms with van der Waals surface area (Å²) in [5.41, 5.74) is 6.06. The van der Waals surface area contributed by atoms with Gasteiger partial charge in [-0.1, -0.05) is 0 Å². The molecule has 2 rings (SSSR count). The average molecular weight is 239 g/mol. The fourth-order valence-electron chi connectivity index (χ4n) is 1.11. The van der Waals surface area contributed by atoms with Crippen molar-refractivity contribution in [3.8, 4) is 0 Å². The molecule has 1 aromatic carbocycles. The number of aromatic nitrogens is 3. The predicted molar refractivity (Wildman–Crippen MR) is 59.6 cm³/mol. The Kier molecular flexibility index (Phi) is 2.84. The molecule has 0 bridgehead atoms. The van der Waals surface area contributed by atoms with Gasteiger partial charge in [0.1, 0.15) is 0 Å². The second-order valence-corrected chi connectivity index (χ2v) is 3.91. The van der Waals surface area contributed by atoms with E-state index in [4.69, 9.17) is 10.3 Å². The van der Waals surface area contributed by atoms with Gasteiger partial charge in [-0.2, -0.15) is 4.98 Å². The van der Waals surface area contributed by atoms with Crippen LogP contribution in [0.4, 0.5) is 17.6 Å². The van der Waals surface area contributed by atoms with Crippen molar-refractivity contribution in [1.29, 1.82) is 0 Å². The number of nitrogens with one attached hydrogen (secondary N) is 2.